The van der Waals surface area contributed by atoms with Gasteiger partial charge in [0.1, 0.15) is 5.69 Å². The lowest BCUT2D eigenvalue weighted by atomic mass is 10.1. The molecule has 8 heteroatoms. The molecule has 0 radical (unpaired) electrons. The number of anilines is 3. The van der Waals surface area contributed by atoms with Crippen molar-refractivity contribution in [3.8, 4) is 0 Å². The molecule has 1 aliphatic rings. The van der Waals surface area contributed by atoms with Crippen LogP contribution in [0, 0.1) is 16.0 Å². The minimum absolute atomic E-state index is 0.0164. The zero-order chi connectivity index (χ0) is 22.5. The highest BCUT2D eigenvalue weighted by Gasteiger charge is 2.29. The van der Waals surface area contributed by atoms with E-state index in [1.165, 1.54) is 12.1 Å². The predicted octanol–water partition coefficient (Wildman–Crippen LogP) is 4.62. The lowest BCUT2D eigenvalue weighted by molar-refractivity contribution is -0.383. The van der Waals surface area contributed by atoms with E-state index in [1.54, 1.807) is 36.4 Å². The molecule has 0 saturated heterocycles. The van der Waals surface area contributed by atoms with Crippen molar-refractivity contribution in [1.29, 1.82) is 0 Å². The van der Waals surface area contributed by atoms with Gasteiger partial charge in [0.25, 0.3) is 11.6 Å². The Balaban J connectivity index is 1.42. The molecule has 32 heavy (non-hydrogen) atoms. The van der Waals surface area contributed by atoms with Gasteiger partial charge >= 0.3 is 0 Å². The number of nitro groups is 1. The van der Waals surface area contributed by atoms with Crippen molar-refractivity contribution >= 4 is 34.6 Å². The molecule has 162 valence electrons. The van der Waals surface area contributed by atoms with Gasteiger partial charge in [-0.2, -0.15) is 0 Å². The van der Waals surface area contributed by atoms with Crippen molar-refractivity contribution in [2.24, 2.45) is 5.92 Å². The second-order valence-electron chi connectivity index (χ2n) is 7.63. The van der Waals surface area contributed by atoms with Crippen LogP contribution < -0.4 is 16.0 Å². The highest BCUT2D eigenvalue weighted by Crippen LogP contribution is 2.30. The number of hydrogen-bond acceptors (Lipinski definition) is 5. The third-order valence-corrected chi connectivity index (χ3v) is 5.11. The third kappa shape index (κ3) is 5.28. The van der Waals surface area contributed by atoms with E-state index in [0.29, 0.717) is 17.1 Å². The maximum atomic E-state index is 12.6. The lowest BCUT2D eigenvalue weighted by Gasteiger charge is -2.10. The Morgan fingerprint density at radius 3 is 2.41 bits per heavy atom. The molecule has 1 fully saturated rings. The van der Waals surface area contributed by atoms with E-state index >= 15 is 0 Å². The molecule has 3 aromatic carbocycles. The Morgan fingerprint density at radius 2 is 1.69 bits per heavy atom. The summed E-state index contributed by atoms with van der Waals surface area (Å²) in [6, 6.07) is 20.6. The minimum atomic E-state index is -0.520. The van der Waals surface area contributed by atoms with Gasteiger partial charge in [-0.05, 0) is 54.8 Å². The molecule has 0 aromatic heterocycles. The Labute approximate surface area is 184 Å². The van der Waals surface area contributed by atoms with Gasteiger partial charge in [0.2, 0.25) is 5.91 Å². The quantitative estimate of drug-likeness (QED) is 0.357. The Kier molecular flexibility index (Phi) is 6.12. The average Bonchev–Trinajstić information content (AvgIpc) is 3.64. The summed E-state index contributed by atoms with van der Waals surface area (Å²) in [4.78, 5) is 35.5. The Morgan fingerprint density at radius 1 is 0.938 bits per heavy atom. The summed E-state index contributed by atoms with van der Waals surface area (Å²) < 4.78 is 0. The molecule has 1 aliphatic carbocycles. The smallest absolute Gasteiger partial charge is 0.293 e. The summed E-state index contributed by atoms with van der Waals surface area (Å²) in [5.41, 5.74) is 2.50. The molecule has 0 aliphatic heterocycles. The Bertz CT molecular complexity index is 1160. The van der Waals surface area contributed by atoms with Crippen LogP contribution >= 0.6 is 0 Å². The van der Waals surface area contributed by atoms with Gasteiger partial charge in [0.05, 0.1) is 4.92 Å². The normalized spacial score (nSPS) is 12.6. The molecular formula is C24H22N4O4. The van der Waals surface area contributed by atoms with Crippen molar-refractivity contribution in [2.45, 2.75) is 19.4 Å². The molecule has 3 N–H and O–H groups in total. The van der Waals surface area contributed by atoms with Crippen LogP contribution in [0.4, 0.5) is 22.7 Å². The fourth-order valence-corrected chi connectivity index (χ4v) is 3.24. The second kappa shape index (κ2) is 9.30. The van der Waals surface area contributed by atoms with Gasteiger partial charge in [-0.3, -0.25) is 19.7 Å². The summed E-state index contributed by atoms with van der Waals surface area (Å²) >= 11 is 0. The van der Waals surface area contributed by atoms with Crippen LogP contribution in [-0.4, -0.2) is 16.7 Å². The van der Waals surface area contributed by atoms with Crippen LogP contribution in [-0.2, 0) is 11.3 Å². The number of rotatable bonds is 8. The standard InChI is InChI=1S/C24H22N4O4/c29-23(25-15-16-5-4-8-20(13-16)27-24(30)17-9-10-17)18-11-12-21(22(14-18)28(31)32)26-19-6-2-1-3-7-19/h1-8,11-14,17,26H,9-10,15H2,(H,25,29)(H,27,30). The van der Waals surface area contributed by atoms with Crippen LogP contribution in [0.5, 0.6) is 0 Å². The summed E-state index contributed by atoms with van der Waals surface area (Å²) in [5.74, 6) is -0.303. The first-order valence-corrected chi connectivity index (χ1v) is 10.3. The monoisotopic (exact) mass is 430 g/mol. The van der Waals surface area contributed by atoms with Crippen molar-refractivity contribution in [1.82, 2.24) is 5.32 Å². The van der Waals surface area contributed by atoms with E-state index in [-0.39, 0.29) is 29.6 Å². The summed E-state index contributed by atoms with van der Waals surface area (Å²) in [6.07, 6.45) is 1.85. The van der Waals surface area contributed by atoms with E-state index in [9.17, 15) is 19.7 Å². The first kappa shape index (κ1) is 21.0. The molecule has 0 atom stereocenters. The van der Waals surface area contributed by atoms with Crippen molar-refractivity contribution < 1.29 is 14.5 Å². The van der Waals surface area contributed by atoms with Crippen LogP contribution in [0.25, 0.3) is 0 Å². The minimum Gasteiger partial charge on any atom is -0.350 e. The molecular weight excluding hydrogens is 408 g/mol. The van der Waals surface area contributed by atoms with E-state index in [1.807, 2.05) is 24.3 Å². The second-order valence-corrected chi connectivity index (χ2v) is 7.63. The largest absolute Gasteiger partial charge is 0.350 e. The van der Waals surface area contributed by atoms with E-state index in [4.69, 9.17) is 0 Å². The number of nitrogens with one attached hydrogen (secondary N) is 3. The highest BCUT2D eigenvalue weighted by atomic mass is 16.6. The third-order valence-electron chi connectivity index (χ3n) is 5.11. The van der Waals surface area contributed by atoms with Gasteiger partial charge < -0.3 is 16.0 Å². The van der Waals surface area contributed by atoms with Crippen molar-refractivity contribution in [2.75, 3.05) is 10.6 Å². The number of nitro benzene ring substituents is 1. The van der Waals surface area contributed by atoms with Gasteiger partial charge in [-0.15, -0.1) is 0 Å². The molecule has 3 aromatic rings. The first-order chi connectivity index (χ1) is 15.5. The number of nitrogens with zero attached hydrogens (tertiary/aromatic N) is 1. The number of benzene rings is 3. The van der Waals surface area contributed by atoms with Crippen LogP contribution in [0.1, 0.15) is 28.8 Å². The summed E-state index contributed by atoms with van der Waals surface area (Å²) in [6.45, 7) is 0.226. The highest BCUT2D eigenvalue weighted by molar-refractivity contribution is 5.96. The van der Waals surface area contributed by atoms with Crippen molar-refractivity contribution in [3.05, 3.63) is 94.0 Å². The molecule has 0 heterocycles. The SMILES string of the molecule is O=C(NCc1cccc(NC(=O)C2CC2)c1)c1ccc(Nc2ccccc2)c([N+](=O)[O-])c1. The lowest BCUT2D eigenvalue weighted by Crippen LogP contribution is -2.23. The maximum absolute atomic E-state index is 12.6. The van der Waals surface area contributed by atoms with Crippen LogP contribution in [0.2, 0.25) is 0 Å². The average molecular weight is 430 g/mol. The summed E-state index contributed by atoms with van der Waals surface area (Å²) in [5, 5.41) is 20.2. The molecule has 1 saturated carbocycles. The van der Waals surface area contributed by atoms with Crippen molar-refractivity contribution in [3.63, 3.8) is 0 Å². The van der Waals surface area contributed by atoms with Gasteiger partial charge in [-0.1, -0.05) is 30.3 Å². The number of carbonyl (C=O) groups excluding carboxylic acids is 2. The van der Waals surface area contributed by atoms with Gasteiger partial charge in [0.15, 0.2) is 0 Å². The molecule has 0 unspecified atom stereocenters. The Hall–Kier alpha value is -4.20. The summed E-state index contributed by atoms with van der Waals surface area (Å²) in [7, 11) is 0. The number of carbonyl (C=O) groups is 2. The van der Waals surface area contributed by atoms with E-state index in [0.717, 1.165) is 18.4 Å². The molecule has 2 amide bonds. The zero-order valence-electron chi connectivity index (χ0n) is 17.2. The van der Waals surface area contributed by atoms with E-state index < -0.39 is 10.8 Å². The van der Waals surface area contributed by atoms with Gasteiger partial charge in [-0.25, -0.2) is 0 Å². The maximum Gasteiger partial charge on any atom is 0.293 e. The van der Waals surface area contributed by atoms with Gasteiger partial charge in [0, 0.05) is 35.5 Å². The topological polar surface area (TPSA) is 113 Å². The zero-order valence-corrected chi connectivity index (χ0v) is 17.2. The van der Waals surface area contributed by atoms with E-state index in [2.05, 4.69) is 16.0 Å². The van der Waals surface area contributed by atoms with Crippen LogP contribution in [0.3, 0.4) is 0 Å². The number of amides is 2. The number of para-hydroxylation sites is 1. The molecule has 8 nitrogen and oxygen atoms in total. The fraction of sp³-hybridized carbons (Fsp3) is 0.167. The number of hydrogen-bond donors (Lipinski definition) is 3. The molecule has 4 rings (SSSR count). The molecule has 0 spiro atoms. The first-order valence-electron chi connectivity index (χ1n) is 10.3. The fourth-order valence-electron chi connectivity index (χ4n) is 3.24. The predicted molar refractivity (Wildman–Crippen MR) is 122 cm³/mol. The van der Waals surface area contributed by atoms with Crippen LogP contribution in [0.15, 0.2) is 72.8 Å². The molecule has 0 bridgehead atoms.